The van der Waals surface area contributed by atoms with Gasteiger partial charge in [-0.25, -0.2) is 19.8 Å². The summed E-state index contributed by atoms with van der Waals surface area (Å²) in [5.41, 5.74) is 0.896. The fourth-order valence-electron chi connectivity index (χ4n) is 1.39. The molecule has 5 nitrogen and oxygen atoms in total. The van der Waals surface area contributed by atoms with Crippen LogP contribution in [0.25, 0.3) is 0 Å². The van der Waals surface area contributed by atoms with Gasteiger partial charge in [0.1, 0.15) is 0 Å². The molecule has 1 aliphatic rings. The number of rotatable bonds is 1. The van der Waals surface area contributed by atoms with E-state index >= 15 is 0 Å². The molecule has 0 amide bonds. The zero-order valence-corrected chi connectivity index (χ0v) is 8.84. The third-order valence-electron chi connectivity index (χ3n) is 2.30. The van der Waals surface area contributed by atoms with Gasteiger partial charge in [0, 0.05) is 25.5 Å². The molecule has 7 heteroatoms. The molecule has 1 N–H and O–H groups in total. The molecule has 0 unspecified atom stereocenters. The molecule has 15 heavy (non-hydrogen) atoms. The van der Waals surface area contributed by atoms with Crippen molar-refractivity contribution in [3.05, 3.63) is 15.6 Å². The van der Waals surface area contributed by atoms with Crippen molar-refractivity contribution in [1.82, 2.24) is 15.0 Å². The molecular weight excluding hydrogens is 209 g/mol. The molecule has 0 aromatic carbocycles. The molecule has 0 bridgehead atoms. The molecule has 0 saturated heterocycles. The van der Waals surface area contributed by atoms with Crippen molar-refractivity contribution in [2.24, 2.45) is 0 Å². The van der Waals surface area contributed by atoms with E-state index in [2.05, 4.69) is 4.98 Å². The Morgan fingerprint density at radius 2 is 2.00 bits per heavy atom. The van der Waals surface area contributed by atoms with Crippen molar-refractivity contribution in [2.45, 2.75) is 13.1 Å². The Hall–Kier alpha value is -0.383. The number of fused-ring (bicyclic) bond motifs is 1. The van der Waals surface area contributed by atoms with Crippen LogP contribution >= 0.6 is 11.3 Å². The summed E-state index contributed by atoms with van der Waals surface area (Å²) in [5.74, 6) is -0.935. The zero-order valence-electron chi connectivity index (χ0n) is 8.02. The first-order valence-electron chi connectivity index (χ1n) is 4.22. The molecule has 0 aliphatic carbocycles. The minimum atomic E-state index is -0.935. The van der Waals surface area contributed by atoms with Crippen molar-refractivity contribution in [3.8, 4) is 0 Å². The maximum atomic E-state index is 10.7. The number of hydrazine groups is 1. The second kappa shape index (κ2) is 4.64. The minimum absolute atomic E-state index is 0. The quantitative estimate of drug-likeness (QED) is 0.676. The van der Waals surface area contributed by atoms with E-state index in [1.54, 1.807) is 0 Å². The van der Waals surface area contributed by atoms with Crippen molar-refractivity contribution in [1.29, 1.82) is 0 Å². The third kappa shape index (κ3) is 2.41. The summed E-state index contributed by atoms with van der Waals surface area (Å²) in [4.78, 5) is 15.8. The number of carboxylic acid groups (broad SMARTS) is 1. The van der Waals surface area contributed by atoms with Gasteiger partial charge in [-0.3, -0.25) is 0 Å². The molecule has 2 heterocycles. The van der Waals surface area contributed by atoms with Crippen molar-refractivity contribution in [2.75, 3.05) is 14.1 Å². The Morgan fingerprint density at radius 1 is 1.40 bits per heavy atom. The molecule has 0 radical (unpaired) electrons. The summed E-state index contributed by atoms with van der Waals surface area (Å²) < 4.78 is 0. The van der Waals surface area contributed by atoms with Gasteiger partial charge in [-0.1, -0.05) is 0 Å². The van der Waals surface area contributed by atoms with Gasteiger partial charge in [0.05, 0.1) is 12.2 Å². The van der Waals surface area contributed by atoms with Crippen molar-refractivity contribution >= 4 is 36.2 Å². The van der Waals surface area contributed by atoms with E-state index in [1.165, 1.54) is 11.3 Å². The summed E-state index contributed by atoms with van der Waals surface area (Å²) >= 11 is 1.27. The second-order valence-corrected chi connectivity index (χ2v) is 4.41. The monoisotopic (exact) mass is 221 g/mol. The number of carbonyl (C=O) groups is 1. The summed E-state index contributed by atoms with van der Waals surface area (Å²) in [6.07, 6.45) is 0. The van der Waals surface area contributed by atoms with E-state index < -0.39 is 5.97 Å². The van der Waals surface area contributed by atoms with E-state index in [0.717, 1.165) is 17.1 Å². The Balaban J connectivity index is 0.00000112. The predicted molar refractivity (Wildman–Crippen MR) is 59.2 cm³/mol. The van der Waals surface area contributed by atoms with Gasteiger partial charge in [-0.05, 0) is 0 Å². The van der Waals surface area contributed by atoms with Crippen LogP contribution in [-0.2, 0) is 13.1 Å². The van der Waals surface area contributed by atoms with Crippen LogP contribution in [0.1, 0.15) is 20.4 Å². The van der Waals surface area contributed by atoms with Crippen molar-refractivity contribution in [3.63, 3.8) is 0 Å². The molecule has 0 fully saturated rings. The molecule has 0 atom stereocenters. The van der Waals surface area contributed by atoms with Crippen LogP contribution in [-0.4, -0.2) is 59.0 Å². The first-order chi connectivity index (χ1) is 6.58. The number of nitrogens with zero attached hydrogens (tertiary/aromatic N) is 3. The molecular formula is C8H12LiN3O2S. The molecule has 2 rings (SSSR count). The summed E-state index contributed by atoms with van der Waals surface area (Å²) in [6.45, 7) is 1.44. The number of thiazole rings is 1. The van der Waals surface area contributed by atoms with Gasteiger partial charge < -0.3 is 5.11 Å². The van der Waals surface area contributed by atoms with E-state index in [4.69, 9.17) is 5.11 Å². The van der Waals surface area contributed by atoms with E-state index in [9.17, 15) is 4.79 Å². The van der Waals surface area contributed by atoms with Gasteiger partial charge in [-0.15, -0.1) is 11.3 Å². The van der Waals surface area contributed by atoms with E-state index in [1.807, 2.05) is 24.1 Å². The summed E-state index contributed by atoms with van der Waals surface area (Å²) in [6, 6.07) is 0. The van der Waals surface area contributed by atoms with Crippen LogP contribution in [0.2, 0.25) is 0 Å². The van der Waals surface area contributed by atoms with Gasteiger partial charge in [-0.2, -0.15) is 0 Å². The molecule has 0 saturated carbocycles. The van der Waals surface area contributed by atoms with Gasteiger partial charge in [0.2, 0.25) is 5.01 Å². The standard InChI is InChI=1S/C8H11N3O2S.Li.H/c1-10-3-5-6(4-11(10)2)14-7(9-5)8(12)13;;/h3-4H2,1-2H3,(H,12,13);;. The second-order valence-electron chi connectivity index (χ2n) is 3.33. The van der Waals surface area contributed by atoms with Crippen LogP contribution in [0.5, 0.6) is 0 Å². The fourth-order valence-corrected chi connectivity index (χ4v) is 2.34. The Bertz CT molecular complexity index is 354. The average molecular weight is 221 g/mol. The summed E-state index contributed by atoms with van der Waals surface area (Å²) in [5, 5.41) is 13.0. The number of hydrogen-bond acceptors (Lipinski definition) is 5. The number of carboxylic acids is 1. The van der Waals surface area contributed by atoms with E-state index in [0.29, 0.717) is 6.54 Å². The molecule has 78 valence electrons. The number of aromatic carboxylic acids is 1. The van der Waals surface area contributed by atoms with E-state index in [-0.39, 0.29) is 23.9 Å². The average Bonchev–Trinajstić information content (AvgIpc) is 2.48. The van der Waals surface area contributed by atoms with Crippen LogP contribution in [0, 0.1) is 0 Å². The Morgan fingerprint density at radius 3 is 2.60 bits per heavy atom. The third-order valence-corrected chi connectivity index (χ3v) is 3.37. The zero-order chi connectivity index (χ0) is 10.3. The van der Waals surface area contributed by atoms with Crippen molar-refractivity contribution < 1.29 is 9.90 Å². The van der Waals surface area contributed by atoms with Crippen LogP contribution < -0.4 is 0 Å². The number of hydrogen-bond donors (Lipinski definition) is 1. The van der Waals surface area contributed by atoms with Crippen LogP contribution in [0.15, 0.2) is 0 Å². The van der Waals surface area contributed by atoms with Gasteiger partial charge >= 0.3 is 24.8 Å². The SMILES string of the molecule is CN1Cc2nc(C(=O)O)sc2CN1C.[LiH]. The molecule has 0 spiro atoms. The maximum absolute atomic E-state index is 10.7. The normalized spacial score (nSPS) is 16.9. The van der Waals surface area contributed by atoms with Gasteiger partial charge in [0.15, 0.2) is 0 Å². The number of aromatic nitrogens is 1. The summed E-state index contributed by atoms with van der Waals surface area (Å²) in [7, 11) is 3.94. The molecule has 1 aromatic rings. The van der Waals surface area contributed by atoms with Crippen LogP contribution in [0.4, 0.5) is 0 Å². The van der Waals surface area contributed by atoms with Gasteiger partial charge in [0.25, 0.3) is 0 Å². The Labute approximate surface area is 104 Å². The predicted octanol–water partition coefficient (Wildman–Crippen LogP) is -0.0150. The van der Waals surface area contributed by atoms with Crippen LogP contribution in [0.3, 0.4) is 0 Å². The first-order valence-corrected chi connectivity index (χ1v) is 5.03. The Kier molecular flexibility index (Phi) is 3.92. The molecule has 1 aliphatic heterocycles. The molecule has 1 aromatic heterocycles. The first kappa shape index (κ1) is 12.7. The topological polar surface area (TPSA) is 56.7 Å². The fraction of sp³-hybridized carbons (Fsp3) is 0.500.